The van der Waals surface area contributed by atoms with Gasteiger partial charge in [0.15, 0.2) is 11.6 Å². The number of imide groups is 1. The number of carbonyl (C=O) groups excluding carboxylic acids is 2. The van der Waals surface area contributed by atoms with E-state index in [-0.39, 0.29) is 11.3 Å². The van der Waals surface area contributed by atoms with Crippen molar-refractivity contribution in [1.82, 2.24) is 0 Å². The highest BCUT2D eigenvalue weighted by Gasteiger charge is 2.33. The lowest BCUT2D eigenvalue weighted by atomic mass is 10.1. The Balaban J connectivity index is 1.97. The zero-order valence-corrected chi connectivity index (χ0v) is 12.8. The molecule has 116 valence electrons. The number of halogens is 2. The Labute approximate surface area is 136 Å². The van der Waals surface area contributed by atoms with Gasteiger partial charge in [0.1, 0.15) is 0 Å². The second kappa shape index (κ2) is 5.85. The summed E-state index contributed by atoms with van der Waals surface area (Å²) in [5, 5.41) is 0.409. The molecule has 3 rings (SSSR count). The summed E-state index contributed by atoms with van der Waals surface area (Å²) in [6.07, 6.45) is 1.19. The predicted molar refractivity (Wildman–Crippen MR) is 84.9 cm³/mol. The highest BCUT2D eigenvalue weighted by molar-refractivity contribution is 6.43. The minimum absolute atomic E-state index is 0.0674. The van der Waals surface area contributed by atoms with Gasteiger partial charge in [-0.15, -0.1) is 0 Å². The first-order chi connectivity index (χ1) is 11.0. The highest BCUT2D eigenvalue weighted by Crippen LogP contribution is 2.31. The van der Waals surface area contributed by atoms with Gasteiger partial charge >= 0.3 is 0 Å². The van der Waals surface area contributed by atoms with E-state index in [4.69, 9.17) is 16.3 Å². The van der Waals surface area contributed by atoms with Crippen molar-refractivity contribution >= 4 is 34.7 Å². The lowest BCUT2D eigenvalue weighted by Gasteiger charge is -2.15. The number of hydrogen-bond acceptors (Lipinski definition) is 3. The SMILES string of the molecule is COc1ccc(C2=CC(=O)N(c3cccc(Cl)c3)C2=O)cc1F. The Morgan fingerprint density at radius 3 is 2.57 bits per heavy atom. The molecule has 1 aliphatic rings. The summed E-state index contributed by atoms with van der Waals surface area (Å²) < 4.78 is 18.7. The van der Waals surface area contributed by atoms with E-state index in [1.54, 1.807) is 18.2 Å². The Bertz CT molecular complexity index is 847. The number of amides is 2. The Kier molecular flexibility index (Phi) is 3.88. The van der Waals surface area contributed by atoms with E-state index in [0.29, 0.717) is 16.3 Å². The molecule has 23 heavy (non-hydrogen) atoms. The average Bonchev–Trinajstić information content (AvgIpc) is 2.82. The fourth-order valence-corrected chi connectivity index (χ4v) is 2.56. The molecule has 6 heteroatoms. The number of anilines is 1. The first-order valence-electron chi connectivity index (χ1n) is 6.71. The lowest BCUT2D eigenvalue weighted by Crippen LogP contribution is -2.30. The topological polar surface area (TPSA) is 46.6 Å². The maximum Gasteiger partial charge on any atom is 0.266 e. The molecule has 1 aliphatic heterocycles. The molecule has 2 aromatic carbocycles. The summed E-state index contributed by atoms with van der Waals surface area (Å²) in [6, 6.07) is 10.5. The van der Waals surface area contributed by atoms with Gasteiger partial charge in [-0.3, -0.25) is 9.59 Å². The van der Waals surface area contributed by atoms with Crippen molar-refractivity contribution in [3.63, 3.8) is 0 Å². The Morgan fingerprint density at radius 1 is 1.13 bits per heavy atom. The van der Waals surface area contributed by atoms with Crippen LogP contribution in [0.5, 0.6) is 5.75 Å². The maximum atomic E-state index is 13.8. The van der Waals surface area contributed by atoms with E-state index in [2.05, 4.69) is 0 Å². The normalized spacial score (nSPS) is 14.2. The number of hydrogen-bond donors (Lipinski definition) is 0. The van der Waals surface area contributed by atoms with Gasteiger partial charge in [-0.25, -0.2) is 9.29 Å². The van der Waals surface area contributed by atoms with E-state index in [1.165, 1.54) is 31.4 Å². The van der Waals surface area contributed by atoms with Crippen molar-refractivity contribution < 1.29 is 18.7 Å². The molecule has 0 spiro atoms. The van der Waals surface area contributed by atoms with E-state index < -0.39 is 17.6 Å². The fraction of sp³-hybridized carbons (Fsp3) is 0.0588. The molecule has 0 aliphatic carbocycles. The van der Waals surface area contributed by atoms with Crippen molar-refractivity contribution in [3.8, 4) is 5.75 Å². The summed E-state index contributed by atoms with van der Waals surface area (Å²) in [4.78, 5) is 25.7. The van der Waals surface area contributed by atoms with Gasteiger partial charge in [-0.1, -0.05) is 23.7 Å². The van der Waals surface area contributed by atoms with Gasteiger partial charge in [-0.05, 0) is 35.9 Å². The summed E-state index contributed by atoms with van der Waals surface area (Å²) in [5.74, 6) is -1.56. The molecule has 0 bridgehead atoms. The molecule has 0 saturated heterocycles. The molecule has 2 aromatic rings. The van der Waals surface area contributed by atoms with E-state index in [0.717, 1.165) is 11.0 Å². The van der Waals surface area contributed by atoms with Crippen molar-refractivity contribution in [2.75, 3.05) is 12.0 Å². The molecule has 0 aromatic heterocycles. The minimum atomic E-state index is -0.604. The monoisotopic (exact) mass is 331 g/mol. The van der Waals surface area contributed by atoms with Gasteiger partial charge < -0.3 is 4.74 Å². The molecular formula is C17H11ClFNO3. The third-order valence-electron chi connectivity index (χ3n) is 3.45. The lowest BCUT2D eigenvalue weighted by molar-refractivity contribution is -0.119. The molecule has 0 radical (unpaired) electrons. The van der Waals surface area contributed by atoms with Crippen LogP contribution in [-0.2, 0) is 9.59 Å². The maximum absolute atomic E-state index is 13.8. The summed E-state index contributed by atoms with van der Waals surface area (Å²) >= 11 is 5.90. The van der Waals surface area contributed by atoms with Crippen LogP contribution in [0.2, 0.25) is 5.02 Å². The van der Waals surface area contributed by atoms with Crippen LogP contribution in [0.4, 0.5) is 10.1 Å². The highest BCUT2D eigenvalue weighted by atomic mass is 35.5. The largest absolute Gasteiger partial charge is 0.494 e. The van der Waals surface area contributed by atoms with Gasteiger partial charge in [0.2, 0.25) is 0 Å². The van der Waals surface area contributed by atoms with E-state index in [9.17, 15) is 14.0 Å². The number of rotatable bonds is 3. The number of ether oxygens (including phenoxy) is 1. The number of carbonyl (C=O) groups is 2. The second-order valence-corrected chi connectivity index (χ2v) is 5.30. The van der Waals surface area contributed by atoms with Gasteiger partial charge in [0.25, 0.3) is 11.8 Å². The quantitative estimate of drug-likeness (QED) is 0.809. The summed E-state index contributed by atoms with van der Waals surface area (Å²) in [6.45, 7) is 0. The Hall–Kier alpha value is -2.66. The van der Waals surface area contributed by atoms with Gasteiger partial charge in [0, 0.05) is 11.1 Å². The molecule has 0 saturated carbocycles. The van der Waals surface area contributed by atoms with Gasteiger partial charge in [-0.2, -0.15) is 0 Å². The fourth-order valence-electron chi connectivity index (χ4n) is 2.37. The van der Waals surface area contributed by atoms with E-state index >= 15 is 0 Å². The van der Waals surface area contributed by atoms with Crippen LogP contribution in [0, 0.1) is 5.82 Å². The van der Waals surface area contributed by atoms with Crippen molar-refractivity contribution in [1.29, 1.82) is 0 Å². The van der Waals surface area contributed by atoms with Crippen molar-refractivity contribution in [2.45, 2.75) is 0 Å². The first kappa shape index (κ1) is 15.2. The van der Waals surface area contributed by atoms with Gasteiger partial charge in [0.05, 0.1) is 18.4 Å². The number of nitrogens with zero attached hydrogens (tertiary/aromatic N) is 1. The van der Waals surface area contributed by atoms with Crippen LogP contribution in [0.25, 0.3) is 5.57 Å². The molecule has 0 atom stereocenters. The van der Waals surface area contributed by atoms with E-state index in [1.807, 2.05) is 0 Å². The third-order valence-corrected chi connectivity index (χ3v) is 3.69. The van der Waals surface area contributed by atoms with Crippen LogP contribution in [0.3, 0.4) is 0 Å². The molecule has 2 amide bonds. The molecule has 4 nitrogen and oxygen atoms in total. The predicted octanol–water partition coefficient (Wildman–Crippen LogP) is 3.44. The second-order valence-electron chi connectivity index (χ2n) is 4.87. The number of benzene rings is 2. The zero-order chi connectivity index (χ0) is 16.6. The standard InChI is InChI=1S/C17H11ClFNO3/c1-23-15-6-5-10(7-14(15)19)13-9-16(21)20(17(13)22)12-4-2-3-11(18)8-12/h2-9H,1H3. The van der Waals surface area contributed by atoms with Crippen molar-refractivity contribution in [2.24, 2.45) is 0 Å². The first-order valence-corrected chi connectivity index (χ1v) is 7.08. The van der Waals surface area contributed by atoms with Crippen LogP contribution in [-0.4, -0.2) is 18.9 Å². The summed E-state index contributed by atoms with van der Waals surface area (Å²) in [7, 11) is 1.35. The minimum Gasteiger partial charge on any atom is -0.494 e. The molecule has 0 unspecified atom stereocenters. The average molecular weight is 332 g/mol. The van der Waals surface area contributed by atoms with Crippen LogP contribution < -0.4 is 9.64 Å². The van der Waals surface area contributed by atoms with Crippen molar-refractivity contribution in [3.05, 3.63) is 64.9 Å². The van der Waals surface area contributed by atoms with Crippen LogP contribution in [0.15, 0.2) is 48.5 Å². The smallest absolute Gasteiger partial charge is 0.266 e. The zero-order valence-electron chi connectivity index (χ0n) is 12.0. The Morgan fingerprint density at radius 2 is 1.91 bits per heavy atom. The summed E-state index contributed by atoms with van der Waals surface area (Å²) in [5.41, 5.74) is 0.801. The van der Waals surface area contributed by atoms with Crippen LogP contribution in [0.1, 0.15) is 5.56 Å². The number of methoxy groups -OCH3 is 1. The molecule has 1 heterocycles. The molecular weight excluding hydrogens is 321 g/mol. The van der Waals surface area contributed by atoms with Crippen LogP contribution >= 0.6 is 11.6 Å². The third kappa shape index (κ3) is 2.71. The molecule has 0 fully saturated rings. The molecule has 0 N–H and O–H groups in total.